The van der Waals surface area contributed by atoms with Crippen molar-refractivity contribution in [3.63, 3.8) is 0 Å². The first kappa shape index (κ1) is 20.1. The van der Waals surface area contributed by atoms with Crippen LogP contribution in [0, 0.1) is 5.92 Å². The van der Waals surface area contributed by atoms with Crippen molar-refractivity contribution in [3.05, 3.63) is 47.9 Å². The van der Waals surface area contributed by atoms with Gasteiger partial charge in [-0.05, 0) is 12.1 Å². The fourth-order valence-electron chi connectivity index (χ4n) is 4.41. The smallest absolute Gasteiger partial charge is 0.431 e. The molecule has 2 aromatic heterocycles. The van der Waals surface area contributed by atoms with Gasteiger partial charge in [-0.1, -0.05) is 18.2 Å². The van der Waals surface area contributed by atoms with Gasteiger partial charge < -0.3 is 19.8 Å². The van der Waals surface area contributed by atoms with Gasteiger partial charge in [-0.3, -0.25) is 4.90 Å². The number of rotatable bonds is 5. The minimum Gasteiger partial charge on any atom is -0.491 e. The lowest BCUT2D eigenvalue weighted by Crippen LogP contribution is -2.59. The minimum absolute atomic E-state index is 0.00838. The molecule has 0 amide bonds. The number of benzene rings is 1. The molecule has 0 aliphatic carbocycles. The lowest BCUT2D eigenvalue weighted by molar-refractivity contribution is -0.140. The molecule has 10 heteroatoms. The van der Waals surface area contributed by atoms with Crippen LogP contribution in [0.4, 0.5) is 19.0 Å². The molecule has 0 radical (unpaired) electrons. The molecule has 2 N–H and O–H groups in total. The number of ether oxygens (including phenoxy) is 2. The summed E-state index contributed by atoms with van der Waals surface area (Å²) in [6.45, 7) is 2.94. The summed E-state index contributed by atoms with van der Waals surface area (Å²) >= 11 is 0. The van der Waals surface area contributed by atoms with E-state index in [1.54, 1.807) is 7.11 Å². The van der Waals surface area contributed by atoms with Crippen molar-refractivity contribution in [1.29, 1.82) is 0 Å². The van der Waals surface area contributed by atoms with E-state index in [1.807, 2.05) is 24.3 Å². The number of hydrogen-bond donors (Lipinski definition) is 2. The lowest BCUT2D eigenvalue weighted by Gasteiger charge is -2.48. The fraction of sp³-hybridized carbons (Fsp3) is 0.429. The van der Waals surface area contributed by atoms with Crippen molar-refractivity contribution in [2.24, 2.45) is 5.92 Å². The molecule has 2 aliphatic rings. The molecular formula is C21H22F3N5O2. The molecule has 0 spiro atoms. The van der Waals surface area contributed by atoms with Crippen LogP contribution in [0.15, 0.2) is 36.7 Å². The Morgan fingerprint density at radius 1 is 1.26 bits per heavy atom. The molecule has 164 valence electrons. The van der Waals surface area contributed by atoms with Crippen LogP contribution in [-0.4, -0.2) is 59.3 Å². The highest BCUT2D eigenvalue weighted by Crippen LogP contribution is 2.40. The van der Waals surface area contributed by atoms with Crippen molar-refractivity contribution in [3.8, 4) is 5.75 Å². The maximum absolute atomic E-state index is 13.2. The predicted molar refractivity (Wildman–Crippen MR) is 108 cm³/mol. The first-order valence-electron chi connectivity index (χ1n) is 10.1. The summed E-state index contributed by atoms with van der Waals surface area (Å²) in [5.41, 5.74) is 0.248. The van der Waals surface area contributed by atoms with Gasteiger partial charge in [-0.2, -0.15) is 13.2 Å². The third-order valence-electron chi connectivity index (χ3n) is 5.93. The zero-order valence-corrected chi connectivity index (χ0v) is 16.8. The highest BCUT2D eigenvalue weighted by atomic mass is 19.4. The van der Waals surface area contributed by atoms with Crippen LogP contribution < -0.4 is 10.1 Å². The van der Waals surface area contributed by atoms with E-state index in [-0.39, 0.29) is 17.7 Å². The number of methoxy groups -OCH3 is 1. The first-order valence-corrected chi connectivity index (χ1v) is 10.1. The van der Waals surface area contributed by atoms with Crippen molar-refractivity contribution in [1.82, 2.24) is 19.9 Å². The van der Waals surface area contributed by atoms with Gasteiger partial charge in [0, 0.05) is 31.7 Å². The van der Waals surface area contributed by atoms with Gasteiger partial charge in [0.05, 0.1) is 24.1 Å². The lowest BCUT2D eigenvalue weighted by atomic mass is 9.90. The maximum atomic E-state index is 13.2. The average molecular weight is 433 g/mol. The summed E-state index contributed by atoms with van der Waals surface area (Å²) in [4.78, 5) is 12.9. The van der Waals surface area contributed by atoms with Crippen LogP contribution in [0.1, 0.15) is 17.3 Å². The fourth-order valence-corrected chi connectivity index (χ4v) is 4.41. The molecule has 4 heterocycles. The van der Waals surface area contributed by atoms with Crippen LogP contribution in [0.3, 0.4) is 0 Å². The predicted octanol–water partition coefficient (Wildman–Crippen LogP) is 3.47. The van der Waals surface area contributed by atoms with Gasteiger partial charge >= 0.3 is 6.18 Å². The molecule has 1 fully saturated rings. The number of nitrogens with one attached hydrogen (secondary N) is 2. The molecule has 7 nitrogen and oxygen atoms in total. The van der Waals surface area contributed by atoms with Crippen molar-refractivity contribution < 1.29 is 22.6 Å². The standard InChI is InChI=1S/C21H22F3N5O2/c1-30-9-12-7-29(8-12)15-10-31-16-5-3-2-4-13(16)18(15)28-20-14-6-17(21(22,23)24)27-19(14)25-11-26-20/h2-6,11-12,15,18H,7-10H2,1H3,(H2,25,26,27,28). The Morgan fingerprint density at radius 2 is 2.06 bits per heavy atom. The first-order chi connectivity index (χ1) is 14.9. The van der Waals surface area contributed by atoms with Gasteiger partial charge in [0.15, 0.2) is 0 Å². The van der Waals surface area contributed by atoms with Crippen LogP contribution in [0.25, 0.3) is 11.0 Å². The summed E-state index contributed by atoms with van der Waals surface area (Å²) in [6, 6.07) is 8.57. The largest absolute Gasteiger partial charge is 0.491 e. The zero-order valence-electron chi connectivity index (χ0n) is 16.8. The Balaban J connectivity index is 1.48. The number of nitrogens with zero attached hydrogens (tertiary/aromatic N) is 3. The van der Waals surface area contributed by atoms with Gasteiger partial charge in [-0.25, -0.2) is 9.97 Å². The minimum atomic E-state index is -4.49. The molecule has 0 bridgehead atoms. The SMILES string of the molecule is COCC1CN(C2COc3ccccc3C2Nc2ncnc3[nH]c(C(F)(F)F)cc23)C1. The summed E-state index contributed by atoms with van der Waals surface area (Å²) < 4.78 is 50.8. The summed E-state index contributed by atoms with van der Waals surface area (Å²) in [5.74, 6) is 1.59. The Bertz CT molecular complexity index is 1080. The number of likely N-dealkylation sites (tertiary alicyclic amines) is 1. The molecule has 2 aliphatic heterocycles. The second kappa shape index (κ2) is 7.69. The summed E-state index contributed by atoms with van der Waals surface area (Å²) in [5, 5.41) is 3.70. The molecule has 2 atom stereocenters. The van der Waals surface area contributed by atoms with E-state index in [9.17, 15) is 13.2 Å². The number of aromatic nitrogens is 3. The van der Waals surface area contributed by atoms with Crippen LogP contribution in [-0.2, 0) is 10.9 Å². The third kappa shape index (κ3) is 3.70. The van der Waals surface area contributed by atoms with E-state index < -0.39 is 11.9 Å². The number of para-hydroxylation sites is 1. The molecule has 1 saturated heterocycles. The monoisotopic (exact) mass is 433 g/mol. The highest BCUT2D eigenvalue weighted by Gasteiger charge is 2.41. The van der Waals surface area contributed by atoms with E-state index in [0.717, 1.165) is 30.5 Å². The molecule has 2 unspecified atom stereocenters. The summed E-state index contributed by atoms with van der Waals surface area (Å²) in [6.07, 6.45) is -3.22. The second-order valence-corrected chi connectivity index (χ2v) is 7.98. The van der Waals surface area contributed by atoms with Gasteiger partial charge in [0.25, 0.3) is 0 Å². The van der Waals surface area contributed by atoms with E-state index >= 15 is 0 Å². The van der Waals surface area contributed by atoms with Gasteiger partial charge in [0.2, 0.25) is 0 Å². The number of halogens is 3. The molecule has 3 aromatic rings. The molecule has 1 aromatic carbocycles. The van der Waals surface area contributed by atoms with Crippen molar-refractivity contribution in [2.75, 3.05) is 38.7 Å². The quantitative estimate of drug-likeness (QED) is 0.642. The number of anilines is 1. The number of H-pyrrole nitrogens is 1. The Hall–Kier alpha value is -2.85. The molecule has 0 saturated carbocycles. The average Bonchev–Trinajstić information content (AvgIpc) is 3.17. The van der Waals surface area contributed by atoms with E-state index in [4.69, 9.17) is 9.47 Å². The number of aromatic amines is 1. The summed E-state index contributed by atoms with van der Waals surface area (Å²) in [7, 11) is 1.69. The number of hydrogen-bond acceptors (Lipinski definition) is 6. The zero-order chi connectivity index (χ0) is 21.6. The Labute approximate surface area is 176 Å². The van der Waals surface area contributed by atoms with Gasteiger partial charge in [-0.15, -0.1) is 0 Å². The van der Waals surface area contributed by atoms with Crippen molar-refractivity contribution >= 4 is 16.9 Å². The van der Waals surface area contributed by atoms with Gasteiger partial charge in [0.1, 0.15) is 35.8 Å². The number of fused-ring (bicyclic) bond motifs is 2. The van der Waals surface area contributed by atoms with Crippen LogP contribution in [0.5, 0.6) is 5.75 Å². The van der Waals surface area contributed by atoms with E-state index in [2.05, 4.69) is 25.2 Å². The topological polar surface area (TPSA) is 75.3 Å². The number of alkyl halides is 3. The molecule has 5 rings (SSSR count). The highest BCUT2D eigenvalue weighted by molar-refractivity contribution is 5.88. The van der Waals surface area contributed by atoms with Crippen LogP contribution >= 0.6 is 0 Å². The van der Waals surface area contributed by atoms with Crippen LogP contribution in [0.2, 0.25) is 0 Å². The Morgan fingerprint density at radius 3 is 2.84 bits per heavy atom. The second-order valence-electron chi connectivity index (χ2n) is 7.98. The molecular weight excluding hydrogens is 411 g/mol. The third-order valence-corrected chi connectivity index (χ3v) is 5.93. The van der Waals surface area contributed by atoms with E-state index in [1.165, 1.54) is 6.33 Å². The van der Waals surface area contributed by atoms with E-state index in [0.29, 0.717) is 30.3 Å². The normalized spacial score (nSPS) is 22.1. The van der Waals surface area contributed by atoms with Crippen molar-refractivity contribution in [2.45, 2.75) is 18.3 Å². The molecule has 31 heavy (non-hydrogen) atoms. The Kier molecular flexibility index (Phi) is 4.98. The maximum Gasteiger partial charge on any atom is 0.431 e.